The van der Waals surface area contributed by atoms with E-state index in [1.54, 1.807) is 10.9 Å². The molecule has 1 aliphatic heterocycles. The first-order valence-corrected chi connectivity index (χ1v) is 9.27. The Labute approximate surface area is 154 Å². The summed E-state index contributed by atoms with van der Waals surface area (Å²) in [7, 11) is 0. The molecule has 1 saturated heterocycles. The van der Waals surface area contributed by atoms with Crippen molar-refractivity contribution in [2.75, 3.05) is 13.1 Å². The number of carbonyl (C=O) groups is 1. The van der Waals surface area contributed by atoms with Gasteiger partial charge in [0.15, 0.2) is 5.54 Å². The Morgan fingerprint density at radius 3 is 2.62 bits per heavy atom. The zero-order valence-electron chi connectivity index (χ0n) is 15.7. The molecule has 140 valence electrons. The van der Waals surface area contributed by atoms with Crippen LogP contribution in [0.4, 0.5) is 0 Å². The number of likely N-dealkylation sites (tertiary alicyclic amines) is 1. The molecule has 0 radical (unpaired) electrons. The van der Waals surface area contributed by atoms with Crippen molar-refractivity contribution in [3.05, 3.63) is 41.7 Å². The van der Waals surface area contributed by atoms with Crippen molar-refractivity contribution in [1.29, 1.82) is 0 Å². The highest BCUT2D eigenvalue weighted by Crippen LogP contribution is 2.31. The van der Waals surface area contributed by atoms with E-state index in [4.69, 9.17) is 0 Å². The minimum absolute atomic E-state index is 0.285. The summed E-state index contributed by atoms with van der Waals surface area (Å²) < 4.78 is 1.67. The van der Waals surface area contributed by atoms with Gasteiger partial charge in [0.25, 0.3) is 0 Å². The second-order valence-electron chi connectivity index (χ2n) is 7.27. The number of carboxylic acid groups (broad SMARTS) is 1. The first-order valence-electron chi connectivity index (χ1n) is 9.27. The molecule has 2 aromatic rings. The number of nitrogens with zero attached hydrogens (tertiary/aromatic N) is 5. The zero-order valence-corrected chi connectivity index (χ0v) is 15.7. The summed E-state index contributed by atoms with van der Waals surface area (Å²) in [5.74, 6) is 0.329. The van der Waals surface area contributed by atoms with Crippen molar-refractivity contribution in [3.8, 4) is 0 Å². The second-order valence-corrected chi connectivity index (χ2v) is 7.27. The van der Waals surface area contributed by atoms with E-state index in [0.29, 0.717) is 25.9 Å². The van der Waals surface area contributed by atoms with Gasteiger partial charge < -0.3 is 5.11 Å². The van der Waals surface area contributed by atoms with E-state index in [1.165, 1.54) is 0 Å². The highest BCUT2D eigenvalue weighted by molar-refractivity contribution is 5.76. The molecule has 7 heteroatoms. The maximum atomic E-state index is 12.1. The van der Waals surface area contributed by atoms with Crippen molar-refractivity contribution in [2.45, 2.75) is 58.0 Å². The fourth-order valence-corrected chi connectivity index (χ4v) is 3.44. The van der Waals surface area contributed by atoms with E-state index in [0.717, 1.165) is 30.2 Å². The fourth-order valence-electron chi connectivity index (χ4n) is 3.44. The summed E-state index contributed by atoms with van der Waals surface area (Å²) >= 11 is 0. The molecule has 0 spiro atoms. The van der Waals surface area contributed by atoms with Gasteiger partial charge in [0, 0.05) is 38.4 Å². The third-order valence-corrected chi connectivity index (χ3v) is 5.19. The standard InChI is InChI=1S/C19H27N5O2/c1-4-17-20-9-5-15(21-17)13-23-11-7-19(8-12-23,18(25)26)24-10-6-16(22-24)14(2)3/h5-6,9-10,14H,4,7-8,11-13H2,1-3H3,(H,25,26). The van der Waals surface area contributed by atoms with E-state index >= 15 is 0 Å². The normalized spacial score (nSPS) is 17.5. The van der Waals surface area contributed by atoms with Gasteiger partial charge in [0.1, 0.15) is 5.82 Å². The van der Waals surface area contributed by atoms with Gasteiger partial charge in [0.05, 0.1) is 11.4 Å². The minimum atomic E-state index is -0.954. The molecule has 26 heavy (non-hydrogen) atoms. The molecule has 0 aromatic carbocycles. The molecule has 1 fully saturated rings. The van der Waals surface area contributed by atoms with Crippen molar-refractivity contribution in [2.24, 2.45) is 0 Å². The number of carboxylic acids is 1. The number of piperidine rings is 1. The van der Waals surface area contributed by atoms with E-state index in [9.17, 15) is 9.90 Å². The third-order valence-electron chi connectivity index (χ3n) is 5.19. The quantitative estimate of drug-likeness (QED) is 0.855. The van der Waals surface area contributed by atoms with Gasteiger partial charge in [0.2, 0.25) is 0 Å². The average Bonchev–Trinajstić information content (AvgIpc) is 3.13. The van der Waals surface area contributed by atoms with Crippen molar-refractivity contribution < 1.29 is 9.90 Å². The van der Waals surface area contributed by atoms with Crippen molar-refractivity contribution in [3.63, 3.8) is 0 Å². The van der Waals surface area contributed by atoms with E-state index < -0.39 is 11.5 Å². The number of rotatable bonds is 6. The first-order chi connectivity index (χ1) is 12.4. The monoisotopic (exact) mass is 357 g/mol. The molecular formula is C19H27N5O2. The molecule has 0 unspecified atom stereocenters. The van der Waals surface area contributed by atoms with Gasteiger partial charge in [-0.3, -0.25) is 9.58 Å². The molecule has 7 nitrogen and oxygen atoms in total. The van der Waals surface area contributed by atoms with Gasteiger partial charge in [-0.2, -0.15) is 5.10 Å². The molecule has 1 aliphatic rings. The van der Waals surface area contributed by atoms with Crippen LogP contribution in [-0.4, -0.2) is 48.8 Å². The summed E-state index contributed by atoms with van der Waals surface area (Å²) in [6.07, 6.45) is 5.49. The third kappa shape index (κ3) is 3.62. The lowest BCUT2D eigenvalue weighted by atomic mass is 9.87. The van der Waals surface area contributed by atoms with Crippen LogP contribution in [0.5, 0.6) is 0 Å². The molecule has 0 atom stereocenters. The van der Waals surface area contributed by atoms with Gasteiger partial charge in [-0.1, -0.05) is 20.8 Å². The van der Waals surface area contributed by atoms with Crippen LogP contribution in [0.1, 0.15) is 56.7 Å². The number of aryl methyl sites for hydroxylation is 1. The fraction of sp³-hybridized carbons (Fsp3) is 0.579. The maximum Gasteiger partial charge on any atom is 0.331 e. The molecule has 0 aliphatic carbocycles. The molecule has 2 aromatic heterocycles. The molecule has 0 bridgehead atoms. The Bertz CT molecular complexity index is 763. The Hall–Kier alpha value is -2.28. The summed E-state index contributed by atoms with van der Waals surface area (Å²) in [6.45, 7) is 8.30. The van der Waals surface area contributed by atoms with Crippen LogP contribution in [0.3, 0.4) is 0 Å². The Kier molecular flexibility index (Phi) is 5.36. The minimum Gasteiger partial charge on any atom is -0.479 e. The van der Waals surface area contributed by atoms with Gasteiger partial charge >= 0.3 is 5.97 Å². The number of aliphatic carboxylic acids is 1. The lowest BCUT2D eigenvalue weighted by Crippen LogP contribution is -2.51. The smallest absolute Gasteiger partial charge is 0.331 e. The van der Waals surface area contributed by atoms with Crippen molar-refractivity contribution >= 4 is 5.97 Å². The van der Waals surface area contributed by atoms with E-state index in [-0.39, 0.29) is 5.92 Å². The maximum absolute atomic E-state index is 12.1. The number of hydrogen-bond donors (Lipinski definition) is 1. The summed E-state index contributed by atoms with van der Waals surface area (Å²) in [4.78, 5) is 23.1. The lowest BCUT2D eigenvalue weighted by molar-refractivity contribution is -0.151. The summed E-state index contributed by atoms with van der Waals surface area (Å²) in [5.41, 5.74) is 0.964. The molecular weight excluding hydrogens is 330 g/mol. The Morgan fingerprint density at radius 2 is 2.04 bits per heavy atom. The topological polar surface area (TPSA) is 84.1 Å². The molecule has 0 amide bonds. The van der Waals surface area contributed by atoms with Crippen LogP contribution in [0.2, 0.25) is 0 Å². The van der Waals surface area contributed by atoms with Crippen molar-refractivity contribution in [1.82, 2.24) is 24.6 Å². The largest absolute Gasteiger partial charge is 0.479 e. The number of hydrogen-bond acceptors (Lipinski definition) is 5. The van der Waals surface area contributed by atoms with Crippen LogP contribution < -0.4 is 0 Å². The van der Waals surface area contributed by atoms with Crippen LogP contribution in [0.25, 0.3) is 0 Å². The average molecular weight is 357 g/mol. The first kappa shape index (κ1) is 18.5. The van der Waals surface area contributed by atoms with Crippen LogP contribution in [-0.2, 0) is 23.3 Å². The molecule has 1 N–H and O–H groups in total. The molecule has 3 rings (SSSR count). The Morgan fingerprint density at radius 1 is 1.31 bits per heavy atom. The number of aromatic nitrogens is 4. The van der Waals surface area contributed by atoms with Gasteiger partial charge in [-0.05, 0) is 30.9 Å². The predicted molar refractivity (Wildman–Crippen MR) is 97.8 cm³/mol. The molecule has 0 saturated carbocycles. The summed E-state index contributed by atoms with van der Waals surface area (Å²) in [6, 6.07) is 3.86. The van der Waals surface area contributed by atoms with Gasteiger partial charge in [-0.15, -0.1) is 0 Å². The summed E-state index contributed by atoms with van der Waals surface area (Å²) in [5, 5.41) is 14.5. The van der Waals surface area contributed by atoms with Gasteiger partial charge in [-0.25, -0.2) is 14.8 Å². The lowest BCUT2D eigenvalue weighted by Gasteiger charge is -2.38. The van der Waals surface area contributed by atoms with E-state index in [2.05, 4.69) is 33.8 Å². The van der Waals surface area contributed by atoms with Crippen LogP contribution >= 0.6 is 0 Å². The van der Waals surface area contributed by atoms with Crippen LogP contribution in [0.15, 0.2) is 24.5 Å². The SMILES string of the molecule is CCc1nccc(CN2CCC(C(=O)O)(n3ccc(C(C)C)n3)CC2)n1. The predicted octanol–water partition coefficient (Wildman–Crippen LogP) is 2.43. The molecule has 3 heterocycles. The van der Waals surface area contributed by atoms with Crippen LogP contribution in [0, 0.1) is 0 Å². The second kappa shape index (κ2) is 7.53. The van der Waals surface area contributed by atoms with E-state index in [1.807, 2.05) is 25.3 Å². The zero-order chi connectivity index (χ0) is 18.7. The Balaban J connectivity index is 1.71. The highest BCUT2D eigenvalue weighted by atomic mass is 16.4. The highest BCUT2D eigenvalue weighted by Gasteiger charge is 2.44.